The van der Waals surface area contributed by atoms with E-state index in [2.05, 4.69) is 17.5 Å². The minimum absolute atomic E-state index is 0.110. The number of nitrogens with zero attached hydrogens (tertiary/aromatic N) is 1. The van der Waals surface area contributed by atoms with Crippen LogP contribution in [-0.2, 0) is 0 Å². The minimum Gasteiger partial charge on any atom is -0.507 e. The van der Waals surface area contributed by atoms with Crippen LogP contribution in [0.2, 0.25) is 0 Å². The molecule has 0 atom stereocenters. The lowest BCUT2D eigenvalue weighted by Crippen LogP contribution is -2.17. The molecule has 2 rings (SSSR count). The predicted molar refractivity (Wildman–Crippen MR) is 90.0 cm³/mol. The molecule has 0 aliphatic heterocycles. The normalized spacial score (nSPS) is 10.7. The molecule has 0 saturated heterocycles. The van der Waals surface area contributed by atoms with Crippen LogP contribution in [0, 0.1) is 0 Å². The molecule has 0 aromatic heterocycles. The van der Waals surface area contributed by atoms with Gasteiger partial charge in [0, 0.05) is 11.1 Å². The zero-order valence-corrected chi connectivity index (χ0v) is 13.0. The average molecular weight is 312 g/mol. The third-order valence-corrected chi connectivity index (χ3v) is 3.19. The zero-order valence-electron chi connectivity index (χ0n) is 13.0. The van der Waals surface area contributed by atoms with Gasteiger partial charge in [-0.2, -0.15) is 5.10 Å². The minimum atomic E-state index is -0.322. The molecule has 0 bridgehead atoms. The van der Waals surface area contributed by atoms with Crippen molar-refractivity contribution in [1.82, 2.24) is 5.43 Å². The smallest absolute Gasteiger partial charge is 0.271 e. The van der Waals surface area contributed by atoms with E-state index in [4.69, 9.17) is 4.74 Å². The monoisotopic (exact) mass is 312 g/mol. The molecule has 23 heavy (non-hydrogen) atoms. The summed E-state index contributed by atoms with van der Waals surface area (Å²) in [5.74, 6) is 0.531. The number of phenolic OH excluding ortho intramolecular Hbond substituents is 1. The summed E-state index contributed by atoms with van der Waals surface area (Å²) < 4.78 is 5.54. The van der Waals surface area contributed by atoms with E-state index in [1.54, 1.807) is 48.5 Å². The van der Waals surface area contributed by atoms with Gasteiger partial charge in [0.25, 0.3) is 5.91 Å². The second kappa shape index (κ2) is 8.58. The van der Waals surface area contributed by atoms with Crippen molar-refractivity contribution in [2.75, 3.05) is 6.61 Å². The van der Waals surface area contributed by atoms with Crippen molar-refractivity contribution in [2.24, 2.45) is 5.10 Å². The predicted octanol–water partition coefficient (Wildman–Crippen LogP) is 3.34. The maximum Gasteiger partial charge on any atom is 0.271 e. The maximum absolute atomic E-state index is 12.0. The van der Waals surface area contributed by atoms with Crippen LogP contribution < -0.4 is 10.2 Å². The van der Waals surface area contributed by atoms with Gasteiger partial charge in [-0.3, -0.25) is 4.79 Å². The number of aromatic hydroxyl groups is 1. The quantitative estimate of drug-likeness (QED) is 0.468. The van der Waals surface area contributed by atoms with E-state index in [1.165, 1.54) is 6.21 Å². The van der Waals surface area contributed by atoms with E-state index in [-0.39, 0.29) is 11.7 Å². The highest BCUT2D eigenvalue weighted by atomic mass is 16.5. The third-order valence-electron chi connectivity index (χ3n) is 3.19. The van der Waals surface area contributed by atoms with Crippen LogP contribution in [0.5, 0.6) is 11.5 Å². The summed E-state index contributed by atoms with van der Waals surface area (Å²) in [6.07, 6.45) is 3.48. The molecule has 1 amide bonds. The SMILES string of the molecule is CCCCOc1ccc(C(=O)N/N=C\c2ccccc2O)cc1. The van der Waals surface area contributed by atoms with Crippen LogP contribution in [0.25, 0.3) is 0 Å². The maximum atomic E-state index is 12.0. The number of carbonyl (C=O) groups excluding carboxylic acids is 1. The van der Waals surface area contributed by atoms with E-state index in [1.807, 2.05) is 0 Å². The molecule has 0 heterocycles. The molecule has 0 spiro atoms. The van der Waals surface area contributed by atoms with Gasteiger partial charge in [0.05, 0.1) is 12.8 Å². The van der Waals surface area contributed by atoms with Gasteiger partial charge in [-0.1, -0.05) is 25.5 Å². The van der Waals surface area contributed by atoms with Crippen LogP contribution in [0.15, 0.2) is 53.6 Å². The first-order valence-corrected chi connectivity index (χ1v) is 7.55. The number of hydrogen-bond acceptors (Lipinski definition) is 4. The van der Waals surface area contributed by atoms with Gasteiger partial charge >= 0.3 is 0 Å². The molecule has 2 aromatic carbocycles. The van der Waals surface area contributed by atoms with E-state index < -0.39 is 0 Å². The van der Waals surface area contributed by atoms with Gasteiger partial charge in [0.2, 0.25) is 0 Å². The largest absolute Gasteiger partial charge is 0.507 e. The molecule has 0 fully saturated rings. The highest BCUT2D eigenvalue weighted by Gasteiger charge is 2.04. The number of phenols is 1. The fraction of sp³-hybridized carbons (Fsp3) is 0.222. The summed E-state index contributed by atoms with van der Waals surface area (Å²) in [6, 6.07) is 13.6. The Labute approximate surface area is 135 Å². The van der Waals surface area contributed by atoms with Crippen molar-refractivity contribution >= 4 is 12.1 Å². The highest BCUT2D eigenvalue weighted by Crippen LogP contribution is 2.14. The Kier molecular flexibility index (Phi) is 6.17. The summed E-state index contributed by atoms with van der Waals surface area (Å²) >= 11 is 0. The van der Waals surface area contributed by atoms with Gasteiger partial charge in [-0.25, -0.2) is 5.43 Å². The van der Waals surface area contributed by atoms with E-state index in [0.717, 1.165) is 18.6 Å². The van der Waals surface area contributed by atoms with Crippen LogP contribution in [0.3, 0.4) is 0 Å². The topological polar surface area (TPSA) is 70.9 Å². The van der Waals surface area contributed by atoms with Gasteiger partial charge < -0.3 is 9.84 Å². The van der Waals surface area contributed by atoms with Crippen LogP contribution in [-0.4, -0.2) is 23.8 Å². The number of nitrogens with one attached hydrogen (secondary N) is 1. The lowest BCUT2D eigenvalue weighted by Gasteiger charge is -2.06. The first kappa shape index (κ1) is 16.5. The van der Waals surface area contributed by atoms with E-state index in [0.29, 0.717) is 17.7 Å². The number of ether oxygens (including phenoxy) is 1. The molecular formula is C18H20N2O3. The average Bonchev–Trinajstić information content (AvgIpc) is 2.57. The van der Waals surface area contributed by atoms with Crippen molar-refractivity contribution in [3.8, 4) is 11.5 Å². The van der Waals surface area contributed by atoms with Gasteiger partial charge in [-0.15, -0.1) is 0 Å². The number of benzene rings is 2. The van der Waals surface area contributed by atoms with E-state index in [9.17, 15) is 9.90 Å². The van der Waals surface area contributed by atoms with Crippen LogP contribution in [0.1, 0.15) is 35.7 Å². The number of amides is 1. The summed E-state index contributed by atoms with van der Waals surface area (Å²) in [6.45, 7) is 2.78. The van der Waals surface area contributed by atoms with Gasteiger partial charge in [0.15, 0.2) is 0 Å². The first-order valence-electron chi connectivity index (χ1n) is 7.55. The zero-order chi connectivity index (χ0) is 16.5. The fourth-order valence-electron chi connectivity index (χ4n) is 1.86. The Bertz CT molecular complexity index is 666. The fourth-order valence-corrected chi connectivity index (χ4v) is 1.86. The Balaban J connectivity index is 1.89. The Morgan fingerprint density at radius 2 is 1.96 bits per heavy atom. The lowest BCUT2D eigenvalue weighted by molar-refractivity contribution is 0.0955. The molecule has 0 aliphatic rings. The van der Waals surface area contributed by atoms with Crippen molar-refractivity contribution in [2.45, 2.75) is 19.8 Å². The number of hydrazone groups is 1. The van der Waals surface area contributed by atoms with Crippen molar-refractivity contribution in [1.29, 1.82) is 0 Å². The molecule has 0 radical (unpaired) electrons. The lowest BCUT2D eigenvalue weighted by atomic mass is 10.2. The Morgan fingerprint density at radius 3 is 2.65 bits per heavy atom. The molecular weight excluding hydrogens is 292 g/mol. The number of para-hydroxylation sites is 1. The Morgan fingerprint density at radius 1 is 1.22 bits per heavy atom. The first-order chi connectivity index (χ1) is 11.2. The molecule has 0 unspecified atom stereocenters. The van der Waals surface area contributed by atoms with Crippen molar-refractivity contribution < 1.29 is 14.6 Å². The molecule has 0 saturated carbocycles. The van der Waals surface area contributed by atoms with Crippen molar-refractivity contribution in [3.05, 3.63) is 59.7 Å². The molecule has 2 aromatic rings. The van der Waals surface area contributed by atoms with Crippen molar-refractivity contribution in [3.63, 3.8) is 0 Å². The summed E-state index contributed by atoms with van der Waals surface area (Å²) in [4.78, 5) is 12.0. The molecule has 5 nitrogen and oxygen atoms in total. The van der Waals surface area contributed by atoms with Crippen LogP contribution >= 0.6 is 0 Å². The molecule has 5 heteroatoms. The van der Waals surface area contributed by atoms with Gasteiger partial charge in [-0.05, 0) is 42.8 Å². The summed E-state index contributed by atoms with van der Waals surface area (Å²) in [7, 11) is 0. The Hall–Kier alpha value is -2.82. The number of unbranched alkanes of at least 4 members (excludes halogenated alkanes) is 1. The number of hydrogen-bond donors (Lipinski definition) is 2. The highest BCUT2D eigenvalue weighted by molar-refractivity contribution is 5.95. The third kappa shape index (κ3) is 5.14. The molecule has 2 N–H and O–H groups in total. The van der Waals surface area contributed by atoms with Crippen LogP contribution in [0.4, 0.5) is 0 Å². The standard InChI is InChI=1S/C18H20N2O3/c1-2-3-12-23-16-10-8-14(9-11-16)18(22)20-19-13-15-6-4-5-7-17(15)21/h4-11,13,21H,2-3,12H2,1H3,(H,20,22)/b19-13-. The van der Waals surface area contributed by atoms with Gasteiger partial charge in [0.1, 0.15) is 11.5 Å². The second-order valence-corrected chi connectivity index (χ2v) is 4.98. The summed E-state index contributed by atoms with van der Waals surface area (Å²) in [5.41, 5.74) is 3.45. The molecule has 0 aliphatic carbocycles. The second-order valence-electron chi connectivity index (χ2n) is 4.98. The molecule has 120 valence electrons. The summed E-state index contributed by atoms with van der Waals surface area (Å²) in [5, 5.41) is 13.4. The van der Waals surface area contributed by atoms with E-state index >= 15 is 0 Å². The number of carbonyl (C=O) groups is 1. The number of rotatable bonds is 7.